The molecule has 2 aromatic heterocycles. The molecule has 0 saturated heterocycles. The molecule has 0 atom stereocenters. The number of nitrogens with one attached hydrogen (secondary N) is 2. The number of H-pyrrole nitrogens is 1. The molecule has 4 aromatic rings. The third kappa shape index (κ3) is 3.30. The molecule has 8 heteroatoms. The van der Waals surface area contributed by atoms with Gasteiger partial charge >= 0.3 is 0 Å². The van der Waals surface area contributed by atoms with Crippen LogP contribution in [0.15, 0.2) is 54.7 Å². The van der Waals surface area contributed by atoms with Crippen LogP contribution >= 0.6 is 0 Å². The van der Waals surface area contributed by atoms with E-state index in [0.717, 1.165) is 17.0 Å². The van der Waals surface area contributed by atoms with Crippen molar-refractivity contribution in [3.63, 3.8) is 0 Å². The molecule has 0 saturated carbocycles. The average molecular weight is 353 g/mol. The van der Waals surface area contributed by atoms with Gasteiger partial charge in [0.1, 0.15) is 18.2 Å². The Kier molecular flexibility index (Phi) is 3.92. The van der Waals surface area contributed by atoms with Crippen LogP contribution in [-0.4, -0.2) is 25.9 Å². The predicted octanol–water partition coefficient (Wildman–Crippen LogP) is 3.34. The highest BCUT2D eigenvalue weighted by Crippen LogP contribution is 2.22. The summed E-state index contributed by atoms with van der Waals surface area (Å²) in [7, 11) is 0. The second-order valence-electron chi connectivity index (χ2n) is 5.76. The van der Waals surface area contributed by atoms with Gasteiger partial charge in [0.25, 0.3) is 0 Å². The molecule has 0 radical (unpaired) electrons. The number of fused-ring (bicyclic) bond motifs is 1. The zero-order valence-corrected chi connectivity index (χ0v) is 13.4. The van der Waals surface area contributed by atoms with Crippen molar-refractivity contribution in [3.05, 3.63) is 66.4 Å². The topological polar surface area (TPSA) is 75.6 Å². The van der Waals surface area contributed by atoms with Crippen LogP contribution in [0.5, 0.6) is 0 Å². The SMILES string of the molecule is O=C(Cn1cc2ccccc2n1)Nc1cc(-c2cc(F)cc(F)c2)[nH]n1. The van der Waals surface area contributed by atoms with E-state index >= 15 is 0 Å². The number of rotatable bonds is 4. The standard InChI is InChI=1S/C18H13F2N5O/c19-13-5-12(6-14(20)7-13)16-8-17(23-22-16)21-18(26)10-25-9-11-3-1-2-4-15(11)24-25/h1-9H,10H2,(H2,21,22,23,26). The molecule has 0 bridgehead atoms. The third-order valence-corrected chi connectivity index (χ3v) is 3.79. The van der Waals surface area contributed by atoms with Gasteiger partial charge in [-0.1, -0.05) is 18.2 Å². The van der Waals surface area contributed by atoms with Gasteiger partial charge in [-0.3, -0.25) is 14.6 Å². The van der Waals surface area contributed by atoms with E-state index in [1.165, 1.54) is 22.9 Å². The zero-order valence-electron chi connectivity index (χ0n) is 13.4. The van der Waals surface area contributed by atoms with Crippen LogP contribution in [0.2, 0.25) is 0 Å². The van der Waals surface area contributed by atoms with Crippen molar-refractivity contribution in [1.82, 2.24) is 20.0 Å². The maximum Gasteiger partial charge on any atom is 0.247 e. The molecule has 2 heterocycles. The van der Waals surface area contributed by atoms with Crippen molar-refractivity contribution in [1.29, 1.82) is 0 Å². The number of carbonyl (C=O) groups is 1. The summed E-state index contributed by atoms with van der Waals surface area (Å²) in [5.41, 5.74) is 1.49. The normalized spacial score (nSPS) is 11.0. The smallest absolute Gasteiger partial charge is 0.247 e. The fraction of sp³-hybridized carbons (Fsp3) is 0.0556. The Morgan fingerprint density at radius 1 is 1.12 bits per heavy atom. The van der Waals surface area contributed by atoms with E-state index in [1.54, 1.807) is 6.20 Å². The number of hydrogen-bond acceptors (Lipinski definition) is 3. The second-order valence-corrected chi connectivity index (χ2v) is 5.76. The van der Waals surface area contributed by atoms with E-state index in [2.05, 4.69) is 20.6 Å². The Labute approximate surface area is 146 Å². The van der Waals surface area contributed by atoms with Crippen LogP contribution in [0, 0.1) is 11.6 Å². The molecular weight excluding hydrogens is 340 g/mol. The number of anilines is 1. The lowest BCUT2D eigenvalue weighted by Gasteiger charge is -2.01. The van der Waals surface area contributed by atoms with Crippen molar-refractivity contribution in [3.8, 4) is 11.3 Å². The summed E-state index contributed by atoms with van der Waals surface area (Å²) in [5.74, 6) is -1.44. The summed E-state index contributed by atoms with van der Waals surface area (Å²) in [5, 5.41) is 14.5. The quantitative estimate of drug-likeness (QED) is 0.591. The van der Waals surface area contributed by atoms with Crippen LogP contribution in [0.3, 0.4) is 0 Å². The minimum Gasteiger partial charge on any atom is -0.308 e. The molecule has 0 unspecified atom stereocenters. The summed E-state index contributed by atoms with van der Waals surface area (Å²) < 4.78 is 28.2. The molecule has 130 valence electrons. The molecule has 1 amide bonds. The number of amides is 1. The molecule has 4 rings (SSSR count). The second kappa shape index (κ2) is 6.40. The van der Waals surface area contributed by atoms with Crippen LogP contribution < -0.4 is 5.32 Å². The molecule has 0 aliphatic carbocycles. The minimum atomic E-state index is -0.689. The van der Waals surface area contributed by atoms with Crippen LogP contribution in [0.4, 0.5) is 14.6 Å². The maximum atomic E-state index is 13.3. The molecule has 0 aliphatic rings. The van der Waals surface area contributed by atoms with Crippen LogP contribution in [-0.2, 0) is 11.3 Å². The first-order valence-electron chi connectivity index (χ1n) is 7.81. The van der Waals surface area contributed by atoms with Crippen molar-refractivity contribution < 1.29 is 13.6 Å². The Hall–Kier alpha value is -3.55. The highest BCUT2D eigenvalue weighted by molar-refractivity contribution is 5.90. The number of aromatic amines is 1. The third-order valence-electron chi connectivity index (χ3n) is 3.79. The summed E-state index contributed by atoms with van der Waals surface area (Å²) in [6, 6.07) is 12.2. The van der Waals surface area contributed by atoms with E-state index < -0.39 is 11.6 Å². The average Bonchev–Trinajstić information content (AvgIpc) is 3.20. The number of halogens is 2. The van der Waals surface area contributed by atoms with Crippen LogP contribution in [0.25, 0.3) is 22.2 Å². The number of nitrogens with zero attached hydrogens (tertiary/aromatic N) is 3. The Morgan fingerprint density at radius 3 is 2.65 bits per heavy atom. The lowest BCUT2D eigenvalue weighted by atomic mass is 10.1. The lowest BCUT2D eigenvalue weighted by Crippen LogP contribution is -2.19. The van der Waals surface area contributed by atoms with Gasteiger partial charge in [0, 0.05) is 29.3 Å². The zero-order chi connectivity index (χ0) is 18.1. The minimum absolute atomic E-state index is 0.0193. The summed E-state index contributed by atoms with van der Waals surface area (Å²) in [6.07, 6.45) is 1.78. The molecule has 26 heavy (non-hydrogen) atoms. The van der Waals surface area contributed by atoms with Crippen molar-refractivity contribution in [2.75, 3.05) is 5.32 Å². The molecule has 0 fully saturated rings. The van der Waals surface area contributed by atoms with E-state index in [1.807, 2.05) is 24.3 Å². The maximum absolute atomic E-state index is 13.3. The molecule has 0 spiro atoms. The summed E-state index contributed by atoms with van der Waals surface area (Å²) >= 11 is 0. The van der Waals surface area contributed by atoms with E-state index in [4.69, 9.17) is 0 Å². The van der Waals surface area contributed by atoms with Gasteiger partial charge in [-0.25, -0.2) is 8.78 Å². The lowest BCUT2D eigenvalue weighted by molar-refractivity contribution is -0.116. The molecule has 6 nitrogen and oxygen atoms in total. The highest BCUT2D eigenvalue weighted by Gasteiger charge is 2.10. The predicted molar refractivity (Wildman–Crippen MR) is 92.3 cm³/mol. The summed E-state index contributed by atoms with van der Waals surface area (Å²) in [4.78, 5) is 12.2. The van der Waals surface area contributed by atoms with Gasteiger partial charge in [0.15, 0.2) is 5.82 Å². The van der Waals surface area contributed by atoms with Gasteiger partial charge in [0.2, 0.25) is 5.91 Å². The Bertz CT molecular complexity index is 1050. The Morgan fingerprint density at radius 2 is 1.88 bits per heavy atom. The first kappa shape index (κ1) is 15.9. The molecule has 0 aliphatic heterocycles. The van der Waals surface area contributed by atoms with Crippen molar-refractivity contribution in [2.24, 2.45) is 0 Å². The number of benzene rings is 2. The fourth-order valence-corrected chi connectivity index (χ4v) is 2.67. The first-order chi connectivity index (χ1) is 12.6. The fourth-order valence-electron chi connectivity index (χ4n) is 2.67. The van der Waals surface area contributed by atoms with E-state index in [9.17, 15) is 13.6 Å². The van der Waals surface area contributed by atoms with Crippen LogP contribution in [0.1, 0.15) is 0 Å². The molecular formula is C18H13F2N5O. The van der Waals surface area contributed by atoms with Crippen molar-refractivity contribution in [2.45, 2.75) is 6.54 Å². The molecule has 2 aromatic carbocycles. The largest absolute Gasteiger partial charge is 0.308 e. The number of aromatic nitrogens is 4. The highest BCUT2D eigenvalue weighted by atomic mass is 19.1. The number of carbonyl (C=O) groups excluding carboxylic acids is 1. The van der Waals surface area contributed by atoms with E-state index in [0.29, 0.717) is 11.3 Å². The first-order valence-corrected chi connectivity index (χ1v) is 7.81. The Balaban J connectivity index is 1.47. The van der Waals surface area contributed by atoms with Gasteiger partial charge in [-0.2, -0.15) is 10.2 Å². The monoisotopic (exact) mass is 353 g/mol. The van der Waals surface area contributed by atoms with Gasteiger partial charge in [-0.05, 0) is 18.2 Å². The van der Waals surface area contributed by atoms with Gasteiger partial charge < -0.3 is 5.32 Å². The van der Waals surface area contributed by atoms with Gasteiger partial charge in [0.05, 0.1) is 11.2 Å². The molecule has 2 N–H and O–H groups in total. The van der Waals surface area contributed by atoms with Crippen molar-refractivity contribution >= 4 is 22.6 Å². The van der Waals surface area contributed by atoms with Gasteiger partial charge in [-0.15, -0.1) is 0 Å². The number of hydrogen-bond donors (Lipinski definition) is 2. The summed E-state index contributed by atoms with van der Waals surface area (Å²) in [6.45, 7) is 0.0193. The van der Waals surface area contributed by atoms with E-state index in [-0.39, 0.29) is 18.3 Å².